The Balaban J connectivity index is 2.13. The van der Waals surface area contributed by atoms with Gasteiger partial charge in [0.1, 0.15) is 0 Å². The number of nitrogens with one attached hydrogen (secondary N) is 1. The molecule has 1 aromatic heterocycles. The largest absolute Gasteiger partial charge is 0.395 e. The van der Waals surface area contributed by atoms with E-state index in [1.165, 1.54) is 9.77 Å². The number of aliphatic hydroxyl groups is 1. The molecule has 0 amide bonds. The molecule has 0 saturated carbocycles. The normalized spacial score (nSPS) is 27.4. The Morgan fingerprint density at radius 2 is 2.47 bits per heavy atom. The van der Waals surface area contributed by atoms with E-state index in [0.717, 1.165) is 6.42 Å². The van der Waals surface area contributed by atoms with Crippen molar-refractivity contribution in [2.75, 3.05) is 6.61 Å². The molecule has 1 aromatic rings. The van der Waals surface area contributed by atoms with Gasteiger partial charge in [0.25, 0.3) is 0 Å². The number of hydrogen-bond donors (Lipinski definition) is 2. The average Bonchev–Trinajstić information content (AvgIpc) is 2.65. The van der Waals surface area contributed by atoms with E-state index in [4.69, 9.17) is 5.11 Å². The molecule has 2 rings (SSSR count). The molecule has 0 radical (unpaired) electrons. The zero-order valence-electron chi connectivity index (χ0n) is 9.06. The molecular weight excluding hydrogens is 226 g/mol. The predicted molar refractivity (Wildman–Crippen MR) is 66.7 cm³/mol. The van der Waals surface area contributed by atoms with Crippen molar-refractivity contribution in [3.8, 4) is 0 Å². The molecule has 2 nitrogen and oxygen atoms in total. The standard InChI is InChI=1S/C11H17NOS2/c1-7(6-13)12-10-5-8(2)15-11-9(10)3-4-14-11/h3-4,7-8,10,12-13H,5-6H2,1-2H3/t7-,8+,10?/m1/s1. The Bertz CT molecular complexity index is 326. The fourth-order valence-electron chi connectivity index (χ4n) is 1.90. The monoisotopic (exact) mass is 243 g/mol. The highest BCUT2D eigenvalue weighted by Gasteiger charge is 2.26. The first kappa shape index (κ1) is 11.5. The predicted octanol–water partition coefficient (Wildman–Crippen LogP) is 2.64. The first-order valence-electron chi connectivity index (χ1n) is 5.31. The van der Waals surface area contributed by atoms with E-state index in [1.54, 1.807) is 0 Å². The molecule has 1 aliphatic heterocycles. The molecule has 2 N–H and O–H groups in total. The topological polar surface area (TPSA) is 32.3 Å². The Labute approximate surface area is 99.1 Å². The number of thiophene rings is 1. The summed E-state index contributed by atoms with van der Waals surface area (Å²) in [5.41, 5.74) is 1.42. The van der Waals surface area contributed by atoms with Crippen molar-refractivity contribution in [1.82, 2.24) is 5.32 Å². The lowest BCUT2D eigenvalue weighted by Crippen LogP contribution is -2.35. The zero-order valence-corrected chi connectivity index (χ0v) is 10.7. The molecule has 0 aliphatic carbocycles. The van der Waals surface area contributed by atoms with Crippen molar-refractivity contribution in [3.63, 3.8) is 0 Å². The third-order valence-corrected chi connectivity index (χ3v) is 5.01. The van der Waals surface area contributed by atoms with Gasteiger partial charge in [-0.3, -0.25) is 0 Å². The minimum Gasteiger partial charge on any atom is -0.395 e. The second-order valence-electron chi connectivity index (χ2n) is 4.13. The summed E-state index contributed by atoms with van der Waals surface area (Å²) < 4.78 is 1.44. The number of thioether (sulfide) groups is 1. The van der Waals surface area contributed by atoms with E-state index in [-0.39, 0.29) is 12.6 Å². The Hall–Kier alpha value is -0.0300. The van der Waals surface area contributed by atoms with Crippen molar-refractivity contribution in [1.29, 1.82) is 0 Å². The highest BCUT2D eigenvalue weighted by molar-refractivity contribution is 8.01. The first-order chi connectivity index (χ1) is 7.20. The lowest BCUT2D eigenvalue weighted by molar-refractivity contribution is 0.238. The van der Waals surface area contributed by atoms with Gasteiger partial charge in [-0.05, 0) is 30.4 Å². The van der Waals surface area contributed by atoms with Crippen LogP contribution in [0, 0.1) is 0 Å². The van der Waals surface area contributed by atoms with Crippen molar-refractivity contribution in [3.05, 3.63) is 17.0 Å². The maximum Gasteiger partial charge on any atom is 0.0649 e. The van der Waals surface area contributed by atoms with Crippen molar-refractivity contribution < 1.29 is 5.11 Å². The summed E-state index contributed by atoms with van der Waals surface area (Å²) in [6.45, 7) is 4.50. The van der Waals surface area contributed by atoms with Gasteiger partial charge in [0.2, 0.25) is 0 Å². The smallest absolute Gasteiger partial charge is 0.0649 e. The summed E-state index contributed by atoms with van der Waals surface area (Å²) in [4.78, 5) is 0. The molecule has 1 unspecified atom stereocenters. The summed E-state index contributed by atoms with van der Waals surface area (Å²) >= 11 is 3.80. The molecule has 0 saturated heterocycles. The molecule has 1 aliphatic rings. The fourth-order valence-corrected chi connectivity index (χ4v) is 4.47. The molecule has 2 heterocycles. The van der Waals surface area contributed by atoms with Gasteiger partial charge in [-0.2, -0.15) is 0 Å². The van der Waals surface area contributed by atoms with Crippen molar-refractivity contribution in [2.45, 2.75) is 41.8 Å². The second-order valence-corrected chi connectivity index (χ2v) is 6.75. The van der Waals surface area contributed by atoms with Gasteiger partial charge in [0.15, 0.2) is 0 Å². The molecule has 4 heteroatoms. The quantitative estimate of drug-likeness (QED) is 0.856. The Kier molecular flexibility index (Phi) is 3.72. The number of aliphatic hydroxyl groups excluding tert-OH is 1. The van der Waals surface area contributed by atoms with Crippen LogP contribution in [0.2, 0.25) is 0 Å². The van der Waals surface area contributed by atoms with Gasteiger partial charge in [0.05, 0.1) is 10.8 Å². The Morgan fingerprint density at radius 1 is 1.67 bits per heavy atom. The SMILES string of the molecule is C[C@H](CO)NC1C[C@H](C)Sc2sccc21. The highest BCUT2D eigenvalue weighted by Crippen LogP contribution is 2.43. The summed E-state index contributed by atoms with van der Waals surface area (Å²) in [6, 6.07) is 2.81. The zero-order chi connectivity index (χ0) is 10.8. The first-order valence-corrected chi connectivity index (χ1v) is 7.07. The molecule has 15 heavy (non-hydrogen) atoms. The van der Waals surface area contributed by atoms with Crippen molar-refractivity contribution >= 4 is 23.1 Å². The van der Waals surface area contributed by atoms with Gasteiger partial charge in [-0.15, -0.1) is 23.1 Å². The number of rotatable bonds is 3. The van der Waals surface area contributed by atoms with Crippen LogP contribution in [0.25, 0.3) is 0 Å². The van der Waals surface area contributed by atoms with E-state index >= 15 is 0 Å². The van der Waals surface area contributed by atoms with Crippen LogP contribution in [-0.4, -0.2) is 23.0 Å². The molecular formula is C11H17NOS2. The van der Waals surface area contributed by atoms with Crippen LogP contribution in [0.4, 0.5) is 0 Å². The van der Waals surface area contributed by atoms with E-state index in [1.807, 2.05) is 30.0 Å². The van der Waals surface area contributed by atoms with E-state index in [2.05, 4.69) is 23.7 Å². The number of hydrogen-bond acceptors (Lipinski definition) is 4. The van der Waals surface area contributed by atoms with E-state index < -0.39 is 0 Å². The second kappa shape index (κ2) is 4.87. The van der Waals surface area contributed by atoms with Crippen LogP contribution in [0.3, 0.4) is 0 Å². The average molecular weight is 243 g/mol. The summed E-state index contributed by atoms with van der Waals surface area (Å²) in [5.74, 6) is 0. The summed E-state index contributed by atoms with van der Waals surface area (Å²) in [6.07, 6.45) is 1.15. The minimum absolute atomic E-state index is 0.179. The molecule has 84 valence electrons. The summed E-state index contributed by atoms with van der Waals surface area (Å²) in [5, 5.41) is 15.4. The third kappa shape index (κ3) is 2.56. The fraction of sp³-hybridized carbons (Fsp3) is 0.636. The van der Waals surface area contributed by atoms with E-state index in [0.29, 0.717) is 11.3 Å². The summed E-state index contributed by atoms with van der Waals surface area (Å²) in [7, 11) is 0. The van der Waals surface area contributed by atoms with Crippen molar-refractivity contribution in [2.24, 2.45) is 0 Å². The van der Waals surface area contributed by atoms with Gasteiger partial charge < -0.3 is 10.4 Å². The molecule has 0 aromatic carbocycles. The van der Waals surface area contributed by atoms with Gasteiger partial charge in [0, 0.05) is 17.3 Å². The van der Waals surface area contributed by atoms with Gasteiger partial charge in [-0.25, -0.2) is 0 Å². The molecule has 0 spiro atoms. The van der Waals surface area contributed by atoms with Crippen LogP contribution < -0.4 is 5.32 Å². The molecule has 0 bridgehead atoms. The van der Waals surface area contributed by atoms with Crippen LogP contribution in [-0.2, 0) is 0 Å². The van der Waals surface area contributed by atoms with Crippen LogP contribution in [0.15, 0.2) is 15.7 Å². The maximum atomic E-state index is 9.06. The van der Waals surface area contributed by atoms with Crippen LogP contribution in [0.1, 0.15) is 31.9 Å². The molecule has 0 fully saturated rings. The molecule has 3 atom stereocenters. The maximum absolute atomic E-state index is 9.06. The highest BCUT2D eigenvalue weighted by atomic mass is 32.2. The van der Waals surface area contributed by atoms with Gasteiger partial charge in [-0.1, -0.05) is 6.92 Å². The lowest BCUT2D eigenvalue weighted by Gasteiger charge is -2.29. The third-order valence-electron chi connectivity index (χ3n) is 2.67. The minimum atomic E-state index is 0.179. The van der Waals surface area contributed by atoms with Gasteiger partial charge >= 0.3 is 0 Å². The van der Waals surface area contributed by atoms with Crippen LogP contribution >= 0.6 is 23.1 Å². The lowest BCUT2D eigenvalue weighted by atomic mass is 10.0. The Morgan fingerprint density at radius 3 is 3.20 bits per heavy atom. The van der Waals surface area contributed by atoms with Crippen LogP contribution in [0.5, 0.6) is 0 Å². The van der Waals surface area contributed by atoms with E-state index in [9.17, 15) is 0 Å². The number of fused-ring (bicyclic) bond motifs is 1.